The lowest BCUT2D eigenvalue weighted by molar-refractivity contribution is -0.0476. The van der Waals surface area contributed by atoms with E-state index in [4.69, 9.17) is 4.74 Å². The van der Waals surface area contributed by atoms with Crippen molar-refractivity contribution in [2.75, 3.05) is 13.7 Å². The second kappa shape index (κ2) is 8.43. The summed E-state index contributed by atoms with van der Waals surface area (Å²) in [5.41, 5.74) is 1.07. The Kier molecular flexibility index (Phi) is 6.01. The van der Waals surface area contributed by atoms with Crippen LogP contribution in [0.15, 0.2) is 42.5 Å². The third-order valence-electron chi connectivity index (χ3n) is 6.69. The third kappa shape index (κ3) is 3.94. The number of hydrogen-bond donors (Lipinski definition) is 4. The van der Waals surface area contributed by atoms with E-state index in [0.717, 1.165) is 5.56 Å². The molecule has 1 aliphatic rings. The molecular formula is C25H30O5S. The summed E-state index contributed by atoms with van der Waals surface area (Å²) in [6.07, 6.45) is -1.08. The van der Waals surface area contributed by atoms with Crippen LogP contribution in [0.4, 0.5) is 0 Å². The van der Waals surface area contributed by atoms with Crippen LogP contribution in [0.25, 0.3) is 10.1 Å². The average Bonchev–Trinajstić information content (AvgIpc) is 3.20. The van der Waals surface area contributed by atoms with E-state index < -0.39 is 23.5 Å². The number of methoxy groups -OCH3 is 1. The molecule has 0 unspecified atom stereocenters. The molecule has 0 amide bonds. The van der Waals surface area contributed by atoms with Gasteiger partial charge in [-0.25, -0.2) is 0 Å². The largest absolute Gasteiger partial charge is 0.508 e. The van der Waals surface area contributed by atoms with Crippen molar-refractivity contribution < 1.29 is 25.2 Å². The normalized spacial score (nSPS) is 24.5. The fraction of sp³-hybridized carbons (Fsp3) is 0.440. The van der Waals surface area contributed by atoms with E-state index in [1.807, 2.05) is 18.2 Å². The molecule has 4 N–H and O–H groups in total. The van der Waals surface area contributed by atoms with Crippen LogP contribution in [0.2, 0.25) is 0 Å². The molecule has 1 fully saturated rings. The van der Waals surface area contributed by atoms with Crippen LogP contribution in [0.3, 0.4) is 0 Å². The van der Waals surface area contributed by atoms with Crippen molar-refractivity contribution in [3.05, 3.63) is 58.5 Å². The maximum absolute atomic E-state index is 10.8. The first-order chi connectivity index (χ1) is 14.8. The lowest BCUT2D eigenvalue weighted by Gasteiger charge is -2.37. The van der Waals surface area contributed by atoms with Crippen LogP contribution >= 0.6 is 11.3 Å². The van der Waals surface area contributed by atoms with E-state index >= 15 is 0 Å². The summed E-state index contributed by atoms with van der Waals surface area (Å²) in [5.74, 6) is 0.0172. The Balaban J connectivity index is 1.82. The first-order valence-electron chi connectivity index (χ1n) is 10.6. The summed E-state index contributed by atoms with van der Waals surface area (Å²) in [6, 6.07) is 13.9. The zero-order chi connectivity index (χ0) is 22.3. The van der Waals surface area contributed by atoms with E-state index in [1.54, 1.807) is 24.5 Å². The van der Waals surface area contributed by atoms with Crippen molar-refractivity contribution in [3.63, 3.8) is 0 Å². The minimum Gasteiger partial charge on any atom is -0.508 e. The van der Waals surface area contributed by atoms with Crippen LogP contribution in [-0.2, 0) is 5.41 Å². The third-order valence-corrected chi connectivity index (χ3v) is 8.13. The van der Waals surface area contributed by atoms with Gasteiger partial charge in [0.05, 0.1) is 19.3 Å². The molecule has 1 heterocycles. The molecule has 3 aromatic rings. The second-order valence-corrected chi connectivity index (χ2v) is 10.2. The number of benzene rings is 2. The van der Waals surface area contributed by atoms with Crippen LogP contribution in [0.1, 0.15) is 48.6 Å². The molecule has 5 nitrogen and oxygen atoms in total. The van der Waals surface area contributed by atoms with Gasteiger partial charge in [-0.05, 0) is 42.3 Å². The fourth-order valence-electron chi connectivity index (χ4n) is 4.77. The molecule has 1 aromatic heterocycles. The topological polar surface area (TPSA) is 90.2 Å². The minimum atomic E-state index is -0.998. The number of hydrogen-bond acceptors (Lipinski definition) is 6. The predicted octanol–water partition coefficient (Wildman–Crippen LogP) is 4.15. The number of aromatic hydroxyl groups is 1. The Hall–Kier alpha value is -2.12. The molecular weight excluding hydrogens is 412 g/mol. The highest BCUT2D eigenvalue weighted by Gasteiger charge is 2.39. The Morgan fingerprint density at radius 2 is 1.84 bits per heavy atom. The molecule has 31 heavy (non-hydrogen) atoms. The molecule has 4 atom stereocenters. The molecule has 166 valence electrons. The van der Waals surface area contributed by atoms with Crippen molar-refractivity contribution in [1.29, 1.82) is 0 Å². The number of ether oxygens (including phenoxy) is 1. The average molecular weight is 443 g/mol. The van der Waals surface area contributed by atoms with Crippen LogP contribution in [0.5, 0.6) is 11.5 Å². The molecule has 1 aliphatic carbocycles. The van der Waals surface area contributed by atoms with Gasteiger partial charge in [-0.3, -0.25) is 0 Å². The fourth-order valence-corrected chi connectivity index (χ4v) is 5.95. The number of aliphatic hydroxyl groups excluding tert-OH is 3. The van der Waals surface area contributed by atoms with Crippen molar-refractivity contribution in [2.24, 2.45) is 5.92 Å². The van der Waals surface area contributed by atoms with Gasteiger partial charge in [0.2, 0.25) is 0 Å². The van der Waals surface area contributed by atoms with E-state index in [9.17, 15) is 20.4 Å². The lowest BCUT2D eigenvalue weighted by atomic mass is 9.73. The first kappa shape index (κ1) is 22.1. The van der Waals surface area contributed by atoms with E-state index in [0.29, 0.717) is 24.2 Å². The first-order valence-corrected chi connectivity index (χ1v) is 11.4. The van der Waals surface area contributed by atoms with Crippen LogP contribution in [-0.4, -0.2) is 46.4 Å². The smallest absolute Gasteiger partial charge is 0.126 e. The van der Waals surface area contributed by atoms with Crippen molar-refractivity contribution >= 4 is 21.4 Å². The number of rotatable bonds is 5. The molecule has 1 saturated carbocycles. The van der Waals surface area contributed by atoms with Gasteiger partial charge in [-0.1, -0.05) is 32.0 Å². The Labute approximate surface area is 186 Å². The summed E-state index contributed by atoms with van der Waals surface area (Å²) in [6.45, 7) is 4.19. The maximum atomic E-state index is 10.8. The monoisotopic (exact) mass is 442 g/mol. The molecule has 0 radical (unpaired) electrons. The second-order valence-electron chi connectivity index (χ2n) is 9.07. The molecule has 0 aliphatic heterocycles. The SMILES string of the molecule is COc1cc(O)c([C@@H]2C[C@H](CO)C[C@H](O)[C@H]2O)cc1C(C)(C)c1cc2ccccc2s1. The molecule has 2 aromatic carbocycles. The summed E-state index contributed by atoms with van der Waals surface area (Å²) < 4.78 is 6.84. The number of fused-ring (bicyclic) bond motifs is 1. The Bertz CT molecular complexity index is 1040. The summed E-state index contributed by atoms with van der Waals surface area (Å²) >= 11 is 1.73. The van der Waals surface area contributed by atoms with Crippen LogP contribution in [0, 0.1) is 5.92 Å². The zero-order valence-electron chi connectivity index (χ0n) is 18.1. The minimum absolute atomic E-state index is 0.0302. The highest BCUT2D eigenvalue weighted by Crippen LogP contribution is 2.47. The quantitative estimate of drug-likeness (QED) is 0.477. The van der Waals surface area contributed by atoms with Gasteiger partial charge in [0.1, 0.15) is 11.5 Å². The number of phenols is 1. The molecule has 0 spiro atoms. The standard InChI is InChI=1S/C25H30O5S/c1-25(2,23-10-15-6-4-5-7-22(15)31-23)18-11-16(19(27)12-21(18)30-3)17-8-14(13-26)9-20(28)24(17)29/h4-7,10-12,14,17,20,24,26-29H,8-9,13H2,1-3H3/t14-,17-,20-,24-/m0/s1. The van der Waals surface area contributed by atoms with Crippen molar-refractivity contribution in [2.45, 2.75) is 50.2 Å². The number of thiophene rings is 1. The van der Waals surface area contributed by atoms with Gasteiger partial charge in [-0.15, -0.1) is 11.3 Å². The van der Waals surface area contributed by atoms with Crippen molar-refractivity contribution in [3.8, 4) is 11.5 Å². The number of phenolic OH excluding ortho intramolecular Hbond substituents is 1. The number of aliphatic hydroxyl groups is 3. The maximum Gasteiger partial charge on any atom is 0.126 e. The highest BCUT2D eigenvalue weighted by atomic mass is 32.1. The van der Waals surface area contributed by atoms with E-state index in [1.165, 1.54) is 15.0 Å². The summed E-state index contributed by atoms with van der Waals surface area (Å²) in [5, 5.41) is 42.6. The summed E-state index contributed by atoms with van der Waals surface area (Å²) in [4.78, 5) is 1.17. The van der Waals surface area contributed by atoms with Crippen LogP contribution < -0.4 is 4.74 Å². The zero-order valence-corrected chi connectivity index (χ0v) is 18.9. The van der Waals surface area contributed by atoms with Gasteiger partial charge in [-0.2, -0.15) is 0 Å². The molecule has 0 saturated heterocycles. The van der Waals surface area contributed by atoms with Gasteiger partial charge < -0.3 is 25.2 Å². The van der Waals surface area contributed by atoms with Gasteiger partial charge in [0.15, 0.2) is 0 Å². The van der Waals surface area contributed by atoms with Crippen molar-refractivity contribution in [1.82, 2.24) is 0 Å². The van der Waals surface area contributed by atoms with Gasteiger partial charge in [0.25, 0.3) is 0 Å². The highest BCUT2D eigenvalue weighted by molar-refractivity contribution is 7.19. The Morgan fingerprint density at radius 1 is 1.10 bits per heavy atom. The lowest BCUT2D eigenvalue weighted by Crippen LogP contribution is -2.40. The molecule has 6 heteroatoms. The van der Waals surface area contributed by atoms with E-state index in [2.05, 4.69) is 32.0 Å². The van der Waals surface area contributed by atoms with E-state index in [-0.39, 0.29) is 18.3 Å². The van der Waals surface area contributed by atoms with Gasteiger partial charge in [0, 0.05) is 44.7 Å². The predicted molar refractivity (Wildman–Crippen MR) is 123 cm³/mol. The Morgan fingerprint density at radius 3 is 2.52 bits per heavy atom. The molecule has 4 rings (SSSR count). The van der Waals surface area contributed by atoms with Gasteiger partial charge >= 0.3 is 0 Å². The molecule has 0 bridgehead atoms. The summed E-state index contributed by atoms with van der Waals surface area (Å²) in [7, 11) is 1.58.